The average Bonchev–Trinajstić information content (AvgIpc) is 3.35. The molecule has 0 atom stereocenters. The molecule has 0 amide bonds. The number of nitrogens with zero attached hydrogens (tertiary/aromatic N) is 4. The van der Waals surface area contributed by atoms with Crippen molar-refractivity contribution in [2.75, 3.05) is 0 Å². The summed E-state index contributed by atoms with van der Waals surface area (Å²) in [5, 5.41) is 13.1. The van der Waals surface area contributed by atoms with Gasteiger partial charge in [0.15, 0.2) is 0 Å². The molecule has 6 rings (SSSR count). The Bertz CT molecular complexity index is 1570. The molecular formula is C24H14N4. The molecule has 0 bridgehead atoms. The number of rotatable bonds is 1. The van der Waals surface area contributed by atoms with Gasteiger partial charge in [-0.15, -0.1) is 0 Å². The average molecular weight is 358 g/mol. The quantitative estimate of drug-likeness (QED) is 0.393. The molecule has 0 saturated carbocycles. The molecule has 4 nitrogen and oxygen atoms in total. The lowest BCUT2D eigenvalue weighted by atomic mass is 10.0. The van der Waals surface area contributed by atoms with Crippen molar-refractivity contribution in [1.82, 2.24) is 13.8 Å². The molecule has 0 saturated heterocycles. The van der Waals surface area contributed by atoms with Crippen molar-refractivity contribution in [3.05, 3.63) is 90.8 Å². The summed E-state index contributed by atoms with van der Waals surface area (Å²) in [7, 11) is 0. The molecule has 2 aromatic carbocycles. The molecule has 0 aliphatic heterocycles. The van der Waals surface area contributed by atoms with Gasteiger partial charge in [-0.05, 0) is 35.0 Å². The molecule has 0 aliphatic carbocycles. The van der Waals surface area contributed by atoms with Crippen molar-refractivity contribution in [1.29, 1.82) is 5.26 Å². The summed E-state index contributed by atoms with van der Waals surface area (Å²) in [6, 6.07) is 27.0. The minimum atomic E-state index is 0.663. The standard InChI is InChI=1S/C24H14N4/c25-15-19-20-11-3-4-13-27(20)24-22(19)21-12-6-14-28(21)23(26-24)18-10-5-8-16-7-1-2-9-17(16)18/h1-14H. The van der Waals surface area contributed by atoms with Crippen LogP contribution in [0.1, 0.15) is 5.56 Å². The van der Waals surface area contributed by atoms with Gasteiger partial charge < -0.3 is 4.40 Å². The van der Waals surface area contributed by atoms with Crippen molar-refractivity contribution in [3.63, 3.8) is 0 Å². The lowest BCUT2D eigenvalue weighted by Crippen LogP contribution is -1.98. The molecule has 4 aromatic heterocycles. The van der Waals surface area contributed by atoms with Crippen molar-refractivity contribution >= 4 is 32.8 Å². The van der Waals surface area contributed by atoms with Crippen LogP contribution in [0.3, 0.4) is 0 Å². The zero-order chi connectivity index (χ0) is 18.7. The van der Waals surface area contributed by atoms with Crippen LogP contribution in [0.2, 0.25) is 0 Å². The van der Waals surface area contributed by atoms with Crippen LogP contribution in [0.5, 0.6) is 0 Å². The second-order valence-electron chi connectivity index (χ2n) is 6.87. The lowest BCUT2D eigenvalue weighted by molar-refractivity contribution is 1.11. The smallest absolute Gasteiger partial charge is 0.150 e. The number of benzene rings is 2. The van der Waals surface area contributed by atoms with E-state index in [9.17, 15) is 5.26 Å². The number of aromatic nitrogens is 3. The number of pyridine rings is 1. The molecule has 0 aliphatic rings. The zero-order valence-corrected chi connectivity index (χ0v) is 14.9. The molecule has 6 aromatic rings. The van der Waals surface area contributed by atoms with Crippen LogP contribution >= 0.6 is 0 Å². The summed E-state index contributed by atoms with van der Waals surface area (Å²) in [4.78, 5) is 5.07. The minimum Gasteiger partial charge on any atom is -0.300 e. The maximum atomic E-state index is 9.85. The number of nitriles is 1. The van der Waals surface area contributed by atoms with Gasteiger partial charge in [-0.3, -0.25) is 4.40 Å². The van der Waals surface area contributed by atoms with Crippen LogP contribution in [0.25, 0.3) is 44.2 Å². The monoisotopic (exact) mass is 358 g/mol. The van der Waals surface area contributed by atoms with Crippen molar-refractivity contribution in [2.24, 2.45) is 0 Å². The number of hydrogen-bond donors (Lipinski definition) is 0. The highest BCUT2D eigenvalue weighted by Crippen LogP contribution is 2.34. The van der Waals surface area contributed by atoms with E-state index in [1.54, 1.807) is 0 Å². The highest BCUT2D eigenvalue weighted by molar-refractivity contribution is 6.05. The molecule has 0 spiro atoms. The maximum Gasteiger partial charge on any atom is 0.150 e. The molecule has 0 fully saturated rings. The van der Waals surface area contributed by atoms with E-state index in [1.807, 2.05) is 47.1 Å². The third kappa shape index (κ3) is 1.85. The summed E-state index contributed by atoms with van der Waals surface area (Å²) in [6.07, 6.45) is 3.99. The Balaban J connectivity index is 1.86. The second-order valence-corrected chi connectivity index (χ2v) is 6.87. The lowest BCUT2D eigenvalue weighted by Gasteiger charge is -2.10. The largest absolute Gasteiger partial charge is 0.300 e. The van der Waals surface area contributed by atoms with E-state index in [2.05, 4.69) is 52.9 Å². The minimum absolute atomic E-state index is 0.663. The topological polar surface area (TPSA) is 45.5 Å². The first kappa shape index (κ1) is 15.0. The van der Waals surface area contributed by atoms with Crippen LogP contribution in [0.4, 0.5) is 0 Å². The maximum absolute atomic E-state index is 9.85. The second kappa shape index (κ2) is 5.45. The predicted molar refractivity (Wildman–Crippen MR) is 111 cm³/mol. The summed E-state index contributed by atoms with van der Waals surface area (Å²) < 4.78 is 4.10. The summed E-state index contributed by atoms with van der Waals surface area (Å²) >= 11 is 0. The van der Waals surface area contributed by atoms with E-state index < -0.39 is 0 Å². The van der Waals surface area contributed by atoms with E-state index in [4.69, 9.17) is 4.98 Å². The van der Waals surface area contributed by atoms with Gasteiger partial charge in [0.05, 0.1) is 22.0 Å². The van der Waals surface area contributed by atoms with Gasteiger partial charge in [0.2, 0.25) is 0 Å². The summed E-state index contributed by atoms with van der Waals surface area (Å²) in [5.41, 5.74) is 4.42. The first-order chi connectivity index (χ1) is 13.9. The van der Waals surface area contributed by atoms with Crippen LogP contribution in [0, 0.1) is 11.3 Å². The first-order valence-electron chi connectivity index (χ1n) is 9.15. The van der Waals surface area contributed by atoms with E-state index >= 15 is 0 Å². The van der Waals surface area contributed by atoms with Gasteiger partial charge in [-0.25, -0.2) is 4.98 Å². The van der Waals surface area contributed by atoms with Gasteiger partial charge >= 0.3 is 0 Å². The van der Waals surface area contributed by atoms with E-state index in [-0.39, 0.29) is 0 Å². The SMILES string of the molecule is N#Cc1c2c3cccn3c(-c3cccc4ccccc34)nc2n2ccccc12. The Morgan fingerprint density at radius 3 is 2.46 bits per heavy atom. The number of fused-ring (bicyclic) bond motifs is 6. The van der Waals surface area contributed by atoms with E-state index in [0.29, 0.717) is 5.56 Å². The fraction of sp³-hybridized carbons (Fsp3) is 0. The molecule has 0 unspecified atom stereocenters. The van der Waals surface area contributed by atoms with E-state index in [1.165, 1.54) is 5.39 Å². The van der Waals surface area contributed by atoms with Crippen LogP contribution in [-0.4, -0.2) is 13.8 Å². The first-order valence-corrected chi connectivity index (χ1v) is 9.15. The molecule has 130 valence electrons. The van der Waals surface area contributed by atoms with Gasteiger partial charge in [-0.2, -0.15) is 5.26 Å². The molecule has 4 heterocycles. The highest BCUT2D eigenvalue weighted by Gasteiger charge is 2.19. The molecule has 0 N–H and O–H groups in total. The number of hydrogen-bond acceptors (Lipinski definition) is 2. The third-order valence-electron chi connectivity index (χ3n) is 5.41. The van der Waals surface area contributed by atoms with Gasteiger partial charge in [-0.1, -0.05) is 48.5 Å². The van der Waals surface area contributed by atoms with Crippen molar-refractivity contribution in [2.45, 2.75) is 0 Å². The van der Waals surface area contributed by atoms with Gasteiger partial charge in [0, 0.05) is 18.0 Å². The van der Waals surface area contributed by atoms with Crippen molar-refractivity contribution in [3.8, 4) is 17.5 Å². The molecular weight excluding hydrogens is 344 g/mol. The Morgan fingerprint density at radius 2 is 1.54 bits per heavy atom. The predicted octanol–water partition coefficient (Wildman–Crippen LogP) is 5.43. The van der Waals surface area contributed by atoms with Gasteiger partial charge in [0.1, 0.15) is 17.5 Å². The fourth-order valence-electron chi connectivity index (χ4n) is 4.19. The Hall–Kier alpha value is -4.10. The Labute approximate surface area is 160 Å². The summed E-state index contributed by atoms with van der Waals surface area (Å²) in [6.45, 7) is 0. The van der Waals surface area contributed by atoms with Crippen LogP contribution in [0.15, 0.2) is 85.2 Å². The summed E-state index contributed by atoms with van der Waals surface area (Å²) in [5.74, 6) is 0.872. The highest BCUT2D eigenvalue weighted by atomic mass is 15.1. The van der Waals surface area contributed by atoms with Crippen molar-refractivity contribution < 1.29 is 0 Å². The Kier molecular flexibility index (Phi) is 2.92. The normalized spacial score (nSPS) is 11.5. The zero-order valence-electron chi connectivity index (χ0n) is 14.9. The van der Waals surface area contributed by atoms with Gasteiger partial charge in [0.25, 0.3) is 0 Å². The molecule has 0 radical (unpaired) electrons. The Morgan fingerprint density at radius 1 is 0.750 bits per heavy atom. The third-order valence-corrected chi connectivity index (χ3v) is 5.41. The fourth-order valence-corrected chi connectivity index (χ4v) is 4.19. The van der Waals surface area contributed by atoms with Crippen LogP contribution < -0.4 is 0 Å². The molecule has 28 heavy (non-hydrogen) atoms. The van der Waals surface area contributed by atoms with Crippen LogP contribution in [-0.2, 0) is 0 Å². The van der Waals surface area contributed by atoms with E-state index in [0.717, 1.165) is 38.8 Å². The molecule has 4 heteroatoms.